The molecule has 1 saturated heterocycles. The summed E-state index contributed by atoms with van der Waals surface area (Å²) in [5.74, 6) is 0.540. The third kappa shape index (κ3) is 5.76. The number of hydrogen-bond donors (Lipinski definition) is 1. The van der Waals surface area contributed by atoms with Crippen molar-refractivity contribution in [2.24, 2.45) is 5.92 Å². The van der Waals surface area contributed by atoms with E-state index in [0.717, 1.165) is 40.2 Å². The fourth-order valence-electron chi connectivity index (χ4n) is 2.91. The second-order valence-corrected chi connectivity index (χ2v) is 8.94. The van der Waals surface area contributed by atoms with Crippen LogP contribution in [0.15, 0.2) is 17.8 Å². The van der Waals surface area contributed by atoms with Crippen molar-refractivity contribution < 1.29 is 18.0 Å². The number of nitrogens with one attached hydrogen (secondary N) is 1. The third-order valence-electron chi connectivity index (χ3n) is 4.49. The zero-order chi connectivity index (χ0) is 22.6. The monoisotopic (exact) mass is 470 g/mol. The summed E-state index contributed by atoms with van der Waals surface area (Å²) >= 11 is 3.32. The maximum atomic E-state index is 12.2. The lowest BCUT2D eigenvalue weighted by atomic mass is 9.98. The third-order valence-corrected chi connectivity index (χ3v) is 6.44. The van der Waals surface area contributed by atoms with Crippen molar-refractivity contribution in [1.29, 1.82) is 0 Å². The standard InChI is InChI=1S/C10H10F3N3O.C9H11N3S2/c11-10(12,13)8-3-14-9(15-4-8)16-5-7(6-16)1-2-17;1-5-8(14-6(2)11-5)7-4-13-9(10-3)12-7/h2-4,7H,1,5-6H2;4H,1-3H3,(H,10,12). The first-order chi connectivity index (χ1) is 14.7. The normalized spacial score (nSPS) is 13.9. The van der Waals surface area contributed by atoms with E-state index < -0.39 is 11.7 Å². The van der Waals surface area contributed by atoms with Crippen molar-refractivity contribution in [2.45, 2.75) is 26.4 Å². The summed E-state index contributed by atoms with van der Waals surface area (Å²) < 4.78 is 36.7. The fraction of sp³-hybridized carbons (Fsp3) is 0.421. The number of alkyl halides is 3. The number of nitrogens with zero attached hydrogens (tertiary/aromatic N) is 5. The van der Waals surface area contributed by atoms with Gasteiger partial charge in [0, 0.05) is 50.2 Å². The van der Waals surface area contributed by atoms with Gasteiger partial charge in [-0.3, -0.25) is 0 Å². The Labute approximate surface area is 185 Å². The number of carbonyl (C=O) groups is 1. The average molecular weight is 471 g/mol. The summed E-state index contributed by atoms with van der Waals surface area (Å²) in [7, 11) is 1.88. The van der Waals surface area contributed by atoms with E-state index in [1.54, 1.807) is 27.6 Å². The molecule has 0 aliphatic carbocycles. The highest BCUT2D eigenvalue weighted by Gasteiger charge is 2.33. The molecule has 0 aromatic carbocycles. The Balaban J connectivity index is 0.000000179. The van der Waals surface area contributed by atoms with E-state index in [1.165, 1.54) is 4.88 Å². The number of rotatable bonds is 5. The van der Waals surface area contributed by atoms with Crippen LogP contribution in [0.1, 0.15) is 22.7 Å². The van der Waals surface area contributed by atoms with E-state index in [0.29, 0.717) is 19.5 Å². The van der Waals surface area contributed by atoms with Gasteiger partial charge in [0.25, 0.3) is 0 Å². The molecule has 0 spiro atoms. The zero-order valence-corrected chi connectivity index (χ0v) is 18.7. The molecule has 1 aliphatic rings. The van der Waals surface area contributed by atoms with Crippen molar-refractivity contribution in [2.75, 3.05) is 30.4 Å². The minimum absolute atomic E-state index is 0.262. The number of aryl methyl sites for hydroxylation is 2. The molecule has 1 fully saturated rings. The maximum Gasteiger partial charge on any atom is 0.419 e. The van der Waals surface area contributed by atoms with Gasteiger partial charge in [0.2, 0.25) is 5.95 Å². The van der Waals surface area contributed by atoms with Gasteiger partial charge < -0.3 is 15.0 Å². The van der Waals surface area contributed by atoms with Gasteiger partial charge in [0.1, 0.15) is 6.29 Å². The van der Waals surface area contributed by atoms with Gasteiger partial charge >= 0.3 is 6.18 Å². The van der Waals surface area contributed by atoms with E-state index in [9.17, 15) is 18.0 Å². The Kier molecular flexibility index (Phi) is 7.21. The molecule has 1 aliphatic heterocycles. The SMILES string of the molecule is CNc1nc(-c2sc(C)nc2C)cs1.O=CCC1CN(c2ncc(C(F)(F)F)cn2)C1. The Morgan fingerprint density at radius 3 is 2.39 bits per heavy atom. The van der Waals surface area contributed by atoms with Gasteiger partial charge in [0.15, 0.2) is 5.13 Å². The first kappa shape index (κ1) is 23.1. The highest BCUT2D eigenvalue weighted by Crippen LogP contribution is 2.32. The lowest BCUT2D eigenvalue weighted by molar-refractivity contribution is -0.138. The number of aromatic nitrogens is 4. The van der Waals surface area contributed by atoms with Crippen molar-refractivity contribution >= 4 is 40.0 Å². The number of halogens is 3. The minimum Gasteiger partial charge on any atom is -0.365 e. The molecule has 7 nitrogen and oxygen atoms in total. The second-order valence-electron chi connectivity index (χ2n) is 6.88. The van der Waals surface area contributed by atoms with Gasteiger partial charge in [-0.05, 0) is 13.8 Å². The molecule has 12 heteroatoms. The van der Waals surface area contributed by atoms with Crippen molar-refractivity contribution in [3.8, 4) is 10.6 Å². The van der Waals surface area contributed by atoms with E-state index in [1.807, 2.05) is 20.9 Å². The molecule has 0 unspecified atom stereocenters. The minimum atomic E-state index is -4.41. The maximum absolute atomic E-state index is 12.2. The Morgan fingerprint density at radius 1 is 1.23 bits per heavy atom. The first-order valence-electron chi connectivity index (χ1n) is 9.36. The summed E-state index contributed by atoms with van der Waals surface area (Å²) in [6, 6.07) is 0. The van der Waals surface area contributed by atoms with Crippen LogP contribution in [0.4, 0.5) is 24.3 Å². The highest BCUT2D eigenvalue weighted by molar-refractivity contribution is 7.16. The molecule has 166 valence electrons. The number of carbonyl (C=O) groups excluding carboxylic acids is 1. The van der Waals surface area contributed by atoms with Gasteiger partial charge in [-0.2, -0.15) is 13.2 Å². The zero-order valence-electron chi connectivity index (χ0n) is 17.1. The molecule has 31 heavy (non-hydrogen) atoms. The lowest BCUT2D eigenvalue weighted by Crippen LogP contribution is -2.47. The predicted molar refractivity (Wildman–Crippen MR) is 116 cm³/mol. The topological polar surface area (TPSA) is 83.9 Å². The molecule has 0 bridgehead atoms. The van der Waals surface area contributed by atoms with Crippen LogP contribution in [0, 0.1) is 19.8 Å². The van der Waals surface area contributed by atoms with E-state index >= 15 is 0 Å². The molecule has 4 rings (SSSR count). The van der Waals surface area contributed by atoms with Crippen LogP contribution in [0.5, 0.6) is 0 Å². The van der Waals surface area contributed by atoms with Gasteiger partial charge in [-0.25, -0.2) is 19.9 Å². The molecule has 1 N–H and O–H groups in total. The quantitative estimate of drug-likeness (QED) is 0.552. The largest absolute Gasteiger partial charge is 0.419 e. The van der Waals surface area contributed by atoms with Gasteiger partial charge in [-0.15, -0.1) is 22.7 Å². The summed E-state index contributed by atoms with van der Waals surface area (Å²) in [5, 5.41) is 7.14. The van der Waals surface area contributed by atoms with Crippen LogP contribution in [0.3, 0.4) is 0 Å². The molecule has 4 heterocycles. The van der Waals surface area contributed by atoms with Crippen LogP contribution < -0.4 is 10.2 Å². The summed E-state index contributed by atoms with van der Waals surface area (Å²) in [6.45, 7) is 5.28. The number of aldehydes is 1. The van der Waals surface area contributed by atoms with E-state index in [4.69, 9.17) is 0 Å². The van der Waals surface area contributed by atoms with E-state index in [2.05, 4.69) is 30.6 Å². The highest BCUT2D eigenvalue weighted by atomic mass is 32.1. The van der Waals surface area contributed by atoms with Crippen LogP contribution in [-0.2, 0) is 11.0 Å². The van der Waals surface area contributed by atoms with Crippen molar-refractivity contribution in [1.82, 2.24) is 19.9 Å². The Bertz CT molecular complexity index is 1010. The molecular formula is C19H21F3N6OS2. The number of thiazole rings is 2. The fourth-order valence-corrected chi connectivity index (χ4v) is 4.53. The Hall–Kier alpha value is -2.60. The average Bonchev–Trinajstić information content (AvgIpc) is 3.30. The van der Waals surface area contributed by atoms with Crippen LogP contribution in [-0.4, -0.2) is 46.4 Å². The molecular weight excluding hydrogens is 449 g/mol. The van der Waals surface area contributed by atoms with Gasteiger partial charge in [0.05, 0.1) is 26.8 Å². The van der Waals surface area contributed by atoms with Crippen LogP contribution in [0.2, 0.25) is 0 Å². The molecule has 3 aromatic rings. The number of hydrogen-bond acceptors (Lipinski definition) is 9. The van der Waals surface area contributed by atoms with Crippen LogP contribution >= 0.6 is 22.7 Å². The van der Waals surface area contributed by atoms with Crippen LogP contribution in [0.25, 0.3) is 10.6 Å². The van der Waals surface area contributed by atoms with Crippen molar-refractivity contribution in [3.05, 3.63) is 34.0 Å². The van der Waals surface area contributed by atoms with Gasteiger partial charge in [-0.1, -0.05) is 0 Å². The molecule has 0 atom stereocenters. The predicted octanol–water partition coefficient (Wildman–Crippen LogP) is 4.45. The summed E-state index contributed by atoms with van der Waals surface area (Å²) in [6.07, 6.45) is -1.55. The molecule has 0 saturated carbocycles. The lowest BCUT2D eigenvalue weighted by Gasteiger charge is -2.38. The molecule has 3 aromatic heterocycles. The Morgan fingerprint density at radius 2 is 1.90 bits per heavy atom. The smallest absolute Gasteiger partial charge is 0.365 e. The van der Waals surface area contributed by atoms with E-state index in [-0.39, 0.29) is 11.9 Å². The molecule has 0 radical (unpaired) electrons. The number of anilines is 2. The second kappa shape index (κ2) is 9.69. The molecule has 0 amide bonds. The summed E-state index contributed by atoms with van der Waals surface area (Å²) in [5.41, 5.74) is 1.24. The summed E-state index contributed by atoms with van der Waals surface area (Å²) in [4.78, 5) is 29.3. The van der Waals surface area contributed by atoms with Crippen molar-refractivity contribution in [3.63, 3.8) is 0 Å². The first-order valence-corrected chi connectivity index (χ1v) is 11.1.